The van der Waals surface area contributed by atoms with Gasteiger partial charge in [0.05, 0.1) is 5.71 Å². The highest BCUT2D eigenvalue weighted by Crippen LogP contribution is 2.05. The first kappa shape index (κ1) is 11.5. The molecular formula is C10H17N3. The zero-order valence-electron chi connectivity index (χ0n) is 8.25. The molecule has 0 bridgehead atoms. The van der Waals surface area contributed by atoms with Gasteiger partial charge in [0.2, 0.25) is 0 Å². The van der Waals surface area contributed by atoms with Gasteiger partial charge in [0.15, 0.2) is 0 Å². The SMILES string of the molecule is C=CC(=N/N)/C(/C=C\CC)=C(/C)N. The fraction of sp³-hybridized carbons (Fsp3) is 0.300. The van der Waals surface area contributed by atoms with Crippen molar-refractivity contribution in [3.8, 4) is 0 Å². The molecule has 0 spiro atoms. The molecule has 0 unspecified atom stereocenters. The number of hydrazone groups is 1. The maximum Gasteiger partial charge on any atom is 0.0910 e. The van der Waals surface area contributed by atoms with Gasteiger partial charge < -0.3 is 11.6 Å². The molecule has 0 aromatic heterocycles. The van der Waals surface area contributed by atoms with Crippen molar-refractivity contribution in [2.24, 2.45) is 16.7 Å². The molecule has 0 aliphatic rings. The average Bonchev–Trinajstić information content (AvgIpc) is 2.11. The van der Waals surface area contributed by atoms with Crippen LogP contribution in [0.3, 0.4) is 0 Å². The van der Waals surface area contributed by atoms with Crippen molar-refractivity contribution < 1.29 is 0 Å². The van der Waals surface area contributed by atoms with Crippen molar-refractivity contribution in [3.63, 3.8) is 0 Å². The first-order valence-electron chi connectivity index (χ1n) is 4.20. The van der Waals surface area contributed by atoms with Crippen molar-refractivity contribution in [1.29, 1.82) is 0 Å². The molecule has 0 saturated carbocycles. The van der Waals surface area contributed by atoms with Gasteiger partial charge in [0.1, 0.15) is 0 Å². The Bertz CT molecular complexity index is 255. The van der Waals surface area contributed by atoms with Crippen LogP contribution in [0, 0.1) is 0 Å². The maximum absolute atomic E-state index is 5.67. The van der Waals surface area contributed by atoms with Gasteiger partial charge >= 0.3 is 0 Å². The molecule has 3 heteroatoms. The molecule has 13 heavy (non-hydrogen) atoms. The summed E-state index contributed by atoms with van der Waals surface area (Å²) in [4.78, 5) is 0. The van der Waals surface area contributed by atoms with E-state index in [1.807, 2.05) is 26.0 Å². The Morgan fingerprint density at radius 3 is 2.46 bits per heavy atom. The van der Waals surface area contributed by atoms with E-state index in [1.165, 1.54) is 0 Å². The lowest BCUT2D eigenvalue weighted by Crippen LogP contribution is -2.07. The Morgan fingerprint density at radius 2 is 2.15 bits per heavy atom. The summed E-state index contributed by atoms with van der Waals surface area (Å²) in [5.41, 5.74) is 7.81. The van der Waals surface area contributed by atoms with Crippen LogP contribution in [0.1, 0.15) is 20.3 Å². The molecule has 0 aliphatic carbocycles. The van der Waals surface area contributed by atoms with Gasteiger partial charge in [0, 0.05) is 11.3 Å². The molecule has 0 atom stereocenters. The zero-order chi connectivity index (χ0) is 10.3. The summed E-state index contributed by atoms with van der Waals surface area (Å²) in [5, 5.41) is 3.59. The van der Waals surface area contributed by atoms with Gasteiger partial charge in [-0.25, -0.2) is 0 Å². The van der Waals surface area contributed by atoms with E-state index in [0.717, 1.165) is 12.0 Å². The van der Waals surface area contributed by atoms with Crippen LogP contribution in [0.2, 0.25) is 0 Å². The summed E-state index contributed by atoms with van der Waals surface area (Å²) in [6, 6.07) is 0. The standard InChI is InChI=1S/C10H17N3/c1-4-6-7-9(8(3)11)10(5-2)13-12/h5-7H,2,4,11-12H2,1,3H3/b7-6-,9-8-,13-10-. The number of allylic oxidation sites excluding steroid dienone is 5. The van der Waals surface area contributed by atoms with Gasteiger partial charge in [-0.05, 0) is 19.4 Å². The molecule has 0 radical (unpaired) electrons. The molecule has 0 aromatic carbocycles. The second kappa shape index (κ2) is 6.06. The van der Waals surface area contributed by atoms with Gasteiger partial charge in [-0.15, -0.1) is 0 Å². The third-order valence-electron chi connectivity index (χ3n) is 1.55. The average molecular weight is 179 g/mol. The normalized spacial score (nSPS) is 14.5. The summed E-state index contributed by atoms with van der Waals surface area (Å²) in [5.74, 6) is 5.19. The predicted octanol–water partition coefficient (Wildman–Crippen LogP) is 1.69. The number of hydrogen-bond acceptors (Lipinski definition) is 3. The molecule has 4 N–H and O–H groups in total. The molecule has 0 aromatic rings. The minimum absolute atomic E-state index is 0.615. The van der Waals surface area contributed by atoms with E-state index in [0.29, 0.717) is 11.4 Å². The van der Waals surface area contributed by atoms with Crippen LogP contribution in [-0.2, 0) is 0 Å². The van der Waals surface area contributed by atoms with E-state index in [2.05, 4.69) is 11.7 Å². The van der Waals surface area contributed by atoms with E-state index >= 15 is 0 Å². The van der Waals surface area contributed by atoms with E-state index in [-0.39, 0.29) is 0 Å². The molecule has 0 saturated heterocycles. The fourth-order valence-electron chi connectivity index (χ4n) is 0.887. The topological polar surface area (TPSA) is 64.4 Å². The highest BCUT2D eigenvalue weighted by Gasteiger charge is 2.01. The lowest BCUT2D eigenvalue weighted by molar-refractivity contribution is 1.20. The first-order valence-corrected chi connectivity index (χ1v) is 4.20. The van der Waals surface area contributed by atoms with Gasteiger partial charge in [-0.1, -0.05) is 25.7 Å². The summed E-state index contributed by atoms with van der Waals surface area (Å²) >= 11 is 0. The third kappa shape index (κ3) is 3.60. The largest absolute Gasteiger partial charge is 0.402 e. The Labute approximate surface area is 79.5 Å². The molecule has 72 valence electrons. The summed E-state index contributed by atoms with van der Waals surface area (Å²) < 4.78 is 0. The van der Waals surface area contributed by atoms with Gasteiger partial charge in [0.25, 0.3) is 0 Å². The molecular weight excluding hydrogens is 162 g/mol. The Kier molecular flexibility index (Phi) is 5.35. The minimum atomic E-state index is 0.615. The lowest BCUT2D eigenvalue weighted by atomic mass is 10.1. The predicted molar refractivity (Wildman–Crippen MR) is 58.1 cm³/mol. The highest BCUT2D eigenvalue weighted by atomic mass is 15.1. The molecule has 0 rings (SSSR count). The van der Waals surface area contributed by atoms with Crippen LogP contribution < -0.4 is 11.6 Å². The molecule has 0 amide bonds. The summed E-state index contributed by atoms with van der Waals surface area (Å²) in [7, 11) is 0. The van der Waals surface area contributed by atoms with E-state index in [4.69, 9.17) is 11.6 Å². The molecule has 0 heterocycles. The zero-order valence-corrected chi connectivity index (χ0v) is 8.25. The number of nitrogens with zero attached hydrogens (tertiary/aromatic N) is 1. The quantitative estimate of drug-likeness (QED) is 0.298. The number of nitrogens with two attached hydrogens (primary N) is 2. The van der Waals surface area contributed by atoms with Crippen molar-refractivity contribution in [2.45, 2.75) is 20.3 Å². The Morgan fingerprint density at radius 1 is 1.54 bits per heavy atom. The van der Waals surface area contributed by atoms with Crippen LogP contribution in [0.4, 0.5) is 0 Å². The number of hydrogen-bond donors (Lipinski definition) is 2. The lowest BCUT2D eigenvalue weighted by Gasteiger charge is -2.03. The molecule has 3 nitrogen and oxygen atoms in total. The molecule has 0 fully saturated rings. The van der Waals surface area contributed by atoms with Crippen molar-refractivity contribution >= 4 is 5.71 Å². The van der Waals surface area contributed by atoms with Gasteiger partial charge in [-0.2, -0.15) is 5.10 Å². The smallest absolute Gasteiger partial charge is 0.0910 e. The van der Waals surface area contributed by atoms with E-state index < -0.39 is 0 Å². The van der Waals surface area contributed by atoms with Crippen LogP contribution in [0.25, 0.3) is 0 Å². The van der Waals surface area contributed by atoms with Crippen LogP contribution >= 0.6 is 0 Å². The van der Waals surface area contributed by atoms with E-state index in [9.17, 15) is 0 Å². The second-order valence-corrected chi connectivity index (χ2v) is 2.63. The first-order chi connectivity index (χ1) is 6.17. The second-order valence-electron chi connectivity index (χ2n) is 2.63. The third-order valence-corrected chi connectivity index (χ3v) is 1.55. The Hall–Kier alpha value is -1.51. The minimum Gasteiger partial charge on any atom is -0.402 e. The van der Waals surface area contributed by atoms with Crippen LogP contribution in [0.5, 0.6) is 0 Å². The Balaban J connectivity index is 4.94. The van der Waals surface area contributed by atoms with Crippen LogP contribution in [0.15, 0.2) is 41.2 Å². The number of rotatable bonds is 4. The molecule has 0 aliphatic heterocycles. The van der Waals surface area contributed by atoms with Crippen molar-refractivity contribution in [2.75, 3.05) is 0 Å². The van der Waals surface area contributed by atoms with Gasteiger partial charge in [-0.3, -0.25) is 0 Å². The van der Waals surface area contributed by atoms with Crippen molar-refractivity contribution in [3.05, 3.63) is 36.1 Å². The summed E-state index contributed by atoms with van der Waals surface area (Å²) in [6.45, 7) is 7.47. The monoisotopic (exact) mass is 179 g/mol. The van der Waals surface area contributed by atoms with Crippen molar-refractivity contribution in [1.82, 2.24) is 0 Å². The van der Waals surface area contributed by atoms with Crippen LogP contribution in [-0.4, -0.2) is 5.71 Å². The maximum atomic E-state index is 5.67. The fourth-order valence-corrected chi connectivity index (χ4v) is 0.887. The highest BCUT2D eigenvalue weighted by molar-refractivity contribution is 6.10. The summed E-state index contributed by atoms with van der Waals surface area (Å²) in [6.07, 6.45) is 6.44. The van der Waals surface area contributed by atoms with E-state index in [1.54, 1.807) is 6.08 Å².